The monoisotopic (exact) mass is 197 g/mol. The molecule has 0 saturated carbocycles. The summed E-state index contributed by atoms with van der Waals surface area (Å²) in [6.07, 6.45) is -4.06. The van der Waals surface area contributed by atoms with Crippen LogP contribution in [0.4, 0.5) is 13.2 Å². The molecule has 1 atom stereocenters. The van der Waals surface area contributed by atoms with E-state index >= 15 is 0 Å². The topological polar surface area (TPSA) is 12.0 Å². The largest absolute Gasteiger partial charge is 0.406 e. The smallest absolute Gasteiger partial charge is 0.304 e. The molecular weight excluding hydrogens is 179 g/mol. The second-order valence-corrected chi connectivity index (χ2v) is 3.96. The summed E-state index contributed by atoms with van der Waals surface area (Å²) in [6, 6.07) is 0. The van der Waals surface area contributed by atoms with Gasteiger partial charge in [0, 0.05) is 0 Å². The molecule has 0 radical (unpaired) electrons. The van der Waals surface area contributed by atoms with Crippen LogP contribution in [-0.2, 0) is 0 Å². The fourth-order valence-corrected chi connectivity index (χ4v) is 1.49. The van der Waals surface area contributed by atoms with E-state index in [0.717, 1.165) is 0 Å². The minimum absolute atomic E-state index is 0.0330. The third kappa shape index (κ3) is 3.55. The van der Waals surface area contributed by atoms with E-state index in [1.165, 1.54) is 6.92 Å². The highest BCUT2D eigenvalue weighted by atomic mass is 19.4. The summed E-state index contributed by atoms with van der Waals surface area (Å²) in [5.74, 6) is 0.0330. The summed E-state index contributed by atoms with van der Waals surface area (Å²) >= 11 is 0. The molecule has 0 aliphatic heterocycles. The first-order valence-electron chi connectivity index (χ1n) is 4.54. The molecule has 0 aliphatic carbocycles. The second kappa shape index (κ2) is 4.31. The minimum Gasteiger partial charge on any atom is -0.304 e. The Labute approximate surface area is 77.7 Å². The second-order valence-electron chi connectivity index (χ2n) is 3.96. The number of nitrogens with one attached hydrogen (secondary N) is 1. The van der Waals surface area contributed by atoms with Gasteiger partial charge < -0.3 is 5.32 Å². The molecule has 0 bridgehead atoms. The highest BCUT2D eigenvalue weighted by Crippen LogP contribution is 2.34. The van der Waals surface area contributed by atoms with Gasteiger partial charge in [-0.05, 0) is 25.8 Å². The van der Waals surface area contributed by atoms with Crippen LogP contribution >= 0.6 is 0 Å². The van der Waals surface area contributed by atoms with Crippen molar-refractivity contribution in [3.8, 4) is 0 Å². The van der Waals surface area contributed by atoms with Crippen LogP contribution in [0.25, 0.3) is 0 Å². The number of halogens is 3. The zero-order valence-corrected chi connectivity index (χ0v) is 8.63. The van der Waals surface area contributed by atoms with Crippen LogP contribution in [0.15, 0.2) is 0 Å². The summed E-state index contributed by atoms with van der Waals surface area (Å²) in [6.45, 7) is 6.83. The highest BCUT2D eigenvalue weighted by Gasteiger charge is 2.50. The van der Waals surface area contributed by atoms with Gasteiger partial charge in [0.05, 0.1) is 0 Å². The van der Waals surface area contributed by atoms with Crippen molar-refractivity contribution in [1.29, 1.82) is 0 Å². The molecule has 1 nitrogen and oxygen atoms in total. The molecule has 0 aromatic rings. The van der Waals surface area contributed by atoms with Crippen LogP contribution in [0.2, 0.25) is 0 Å². The van der Waals surface area contributed by atoms with Gasteiger partial charge >= 0.3 is 6.18 Å². The van der Waals surface area contributed by atoms with E-state index in [1.54, 1.807) is 20.8 Å². The lowest BCUT2D eigenvalue weighted by atomic mass is 9.90. The van der Waals surface area contributed by atoms with Gasteiger partial charge in [-0.15, -0.1) is 0 Å². The molecule has 0 rings (SSSR count). The summed E-state index contributed by atoms with van der Waals surface area (Å²) in [4.78, 5) is 0. The maximum absolute atomic E-state index is 12.6. The standard InChI is InChI=1S/C9H18F3N/c1-5-13-8(4,6-7(2)3)9(10,11)12/h7,13H,5-6H2,1-4H3. The normalized spacial score (nSPS) is 17.5. The Balaban J connectivity index is 4.53. The fraction of sp³-hybridized carbons (Fsp3) is 1.00. The van der Waals surface area contributed by atoms with Gasteiger partial charge in [-0.25, -0.2) is 0 Å². The number of hydrogen-bond donors (Lipinski definition) is 1. The Bertz CT molecular complexity index is 153. The lowest BCUT2D eigenvalue weighted by Crippen LogP contribution is -2.55. The molecule has 1 unspecified atom stereocenters. The van der Waals surface area contributed by atoms with E-state index in [4.69, 9.17) is 0 Å². The first-order chi connectivity index (χ1) is 5.73. The van der Waals surface area contributed by atoms with Crippen molar-refractivity contribution in [2.45, 2.75) is 45.8 Å². The van der Waals surface area contributed by atoms with Crippen LogP contribution in [0.3, 0.4) is 0 Å². The predicted molar refractivity (Wildman–Crippen MR) is 47.6 cm³/mol. The molecule has 0 saturated heterocycles. The van der Waals surface area contributed by atoms with Gasteiger partial charge in [0.25, 0.3) is 0 Å². The SMILES string of the molecule is CCNC(C)(CC(C)C)C(F)(F)F. The number of hydrogen-bond acceptors (Lipinski definition) is 1. The van der Waals surface area contributed by atoms with Crippen molar-refractivity contribution in [2.24, 2.45) is 5.92 Å². The summed E-state index contributed by atoms with van der Waals surface area (Å²) in [7, 11) is 0. The van der Waals surface area contributed by atoms with Gasteiger partial charge in [-0.2, -0.15) is 13.2 Å². The van der Waals surface area contributed by atoms with Crippen molar-refractivity contribution in [3.05, 3.63) is 0 Å². The molecule has 4 heteroatoms. The average Bonchev–Trinajstić information content (AvgIpc) is 1.82. The third-order valence-electron chi connectivity index (χ3n) is 2.01. The van der Waals surface area contributed by atoms with Crippen LogP contribution in [-0.4, -0.2) is 18.3 Å². The maximum atomic E-state index is 12.6. The Morgan fingerprint density at radius 3 is 1.92 bits per heavy atom. The van der Waals surface area contributed by atoms with Gasteiger partial charge in [0.2, 0.25) is 0 Å². The van der Waals surface area contributed by atoms with Crippen LogP contribution in [0.1, 0.15) is 34.1 Å². The van der Waals surface area contributed by atoms with Crippen molar-refractivity contribution >= 4 is 0 Å². The quantitative estimate of drug-likeness (QED) is 0.730. The molecule has 13 heavy (non-hydrogen) atoms. The lowest BCUT2D eigenvalue weighted by molar-refractivity contribution is -0.195. The predicted octanol–water partition coefficient (Wildman–Crippen LogP) is 2.96. The van der Waals surface area contributed by atoms with E-state index in [-0.39, 0.29) is 12.3 Å². The molecule has 0 aromatic carbocycles. The van der Waals surface area contributed by atoms with Gasteiger partial charge in [0.1, 0.15) is 5.54 Å². The Morgan fingerprint density at radius 1 is 1.23 bits per heavy atom. The van der Waals surface area contributed by atoms with Gasteiger partial charge in [-0.1, -0.05) is 20.8 Å². The Morgan fingerprint density at radius 2 is 1.69 bits per heavy atom. The fourth-order valence-electron chi connectivity index (χ4n) is 1.49. The van der Waals surface area contributed by atoms with Crippen molar-refractivity contribution in [3.63, 3.8) is 0 Å². The number of alkyl halides is 3. The zero-order chi connectivity index (χ0) is 10.7. The Kier molecular flexibility index (Phi) is 4.23. The molecule has 80 valence electrons. The molecule has 0 aromatic heterocycles. The van der Waals surface area contributed by atoms with Crippen molar-refractivity contribution < 1.29 is 13.2 Å². The molecule has 0 amide bonds. The van der Waals surface area contributed by atoms with E-state index < -0.39 is 11.7 Å². The van der Waals surface area contributed by atoms with Gasteiger partial charge in [-0.3, -0.25) is 0 Å². The zero-order valence-electron chi connectivity index (χ0n) is 8.63. The molecule has 1 N–H and O–H groups in total. The summed E-state index contributed by atoms with van der Waals surface area (Å²) in [5, 5.41) is 2.51. The van der Waals surface area contributed by atoms with E-state index in [0.29, 0.717) is 6.54 Å². The van der Waals surface area contributed by atoms with Crippen LogP contribution < -0.4 is 5.32 Å². The number of rotatable bonds is 4. The van der Waals surface area contributed by atoms with Crippen LogP contribution in [0.5, 0.6) is 0 Å². The van der Waals surface area contributed by atoms with E-state index in [9.17, 15) is 13.2 Å². The molecular formula is C9H18F3N. The lowest BCUT2D eigenvalue weighted by Gasteiger charge is -2.34. The molecule has 0 fully saturated rings. The average molecular weight is 197 g/mol. The van der Waals surface area contributed by atoms with Crippen LogP contribution in [0, 0.1) is 5.92 Å². The first kappa shape index (κ1) is 12.8. The van der Waals surface area contributed by atoms with Gasteiger partial charge in [0.15, 0.2) is 0 Å². The maximum Gasteiger partial charge on any atom is 0.406 e. The summed E-state index contributed by atoms with van der Waals surface area (Å²) in [5.41, 5.74) is -1.74. The van der Waals surface area contributed by atoms with E-state index in [1.807, 2.05) is 0 Å². The highest BCUT2D eigenvalue weighted by molar-refractivity contribution is 4.91. The van der Waals surface area contributed by atoms with Crippen molar-refractivity contribution in [2.75, 3.05) is 6.54 Å². The van der Waals surface area contributed by atoms with E-state index in [2.05, 4.69) is 5.32 Å². The molecule has 0 heterocycles. The third-order valence-corrected chi connectivity index (χ3v) is 2.01. The summed E-state index contributed by atoms with van der Waals surface area (Å²) < 4.78 is 37.8. The van der Waals surface area contributed by atoms with Crippen molar-refractivity contribution in [1.82, 2.24) is 5.32 Å². The molecule has 0 aliphatic rings. The molecule has 0 spiro atoms. The first-order valence-corrected chi connectivity index (χ1v) is 4.54. The minimum atomic E-state index is -4.17. The Hall–Kier alpha value is -0.250.